The summed E-state index contributed by atoms with van der Waals surface area (Å²) in [6.45, 7) is 4.14. The van der Waals surface area contributed by atoms with Crippen LogP contribution in [0, 0.1) is 5.82 Å². The highest BCUT2D eigenvalue weighted by Crippen LogP contribution is 2.27. The van der Waals surface area contributed by atoms with Gasteiger partial charge in [0.2, 0.25) is 0 Å². The molecule has 1 aromatic rings. The van der Waals surface area contributed by atoms with Gasteiger partial charge in [0.25, 0.3) is 0 Å². The van der Waals surface area contributed by atoms with Crippen LogP contribution in [0.1, 0.15) is 30.7 Å². The lowest BCUT2D eigenvalue weighted by Crippen LogP contribution is -2.49. The standard InChI is InChI=1S/C17H23FN2O2/c18-16-6-4-14(5-7-16)15-3-1-2-8-20(13-15)17(21)19-9-11-22-12-10-19/h4-7,15H,1-3,8-13H2. The van der Waals surface area contributed by atoms with Crippen molar-refractivity contribution in [2.45, 2.75) is 25.2 Å². The minimum atomic E-state index is -0.210. The third-order valence-electron chi connectivity index (χ3n) is 4.56. The van der Waals surface area contributed by atoms with Crippen molar-refractivity contribution in [2.75, 3.05) is 39.4 Å². The largest absolute Gasteiger partial charge is 0.378 e. The van der Waals surface area contributed by atoms with Gasteiger partial charge in [0.15, 0.2) is 0 Å². The van der Waals surface area contributed by atoms with Gasteiger partial charge in [0.1, 0.15) is 5.82 Å². The summed E-state index contributed by atoms with van der Waals surface area (Å²) in [6.07, 6.45) is 3.20. The highest BCUT2D eigenvalue weighted by Gasteiger charge is 2.27. The van der Waals surface area contributed by atoms with Gasteiger partial charge in [-0.3, -0.25) is 0 Å². The van der Waals surface area contributed by atoms with Crippen molar-refractivity contribution in [3.8, 4) is 0 Å². The van der Waals surface area contributed by atoms with Crippen LogP contribution in [-0.2, 0) is 4.74 Å². The first-order chi connectivity index (χ1) is 10.7. The summed E-state index contributed by atoms with van der Waals surface area (Å²) in [5.74, 6) is 0.0895. The van der Waals surface area contributed by atoms with Gasteiger partial charge in [-0.05, 0) is 30.5 Å². The molecule has 1 atom stereocenters. The molecule has 3 rings (SSSR count). The van der Waals surface area contributed by atoms with E-state index < -0.39 is 0 Å². The Morgan fingerprint density at radius 3 is 2.50 bits per heavy atom. The summed E-state index contributed by atoms with van der Waals surface area (Å²) in [6, 6.07) is 6.84. The van der Waals surface area contributed by atoms with Crippen LogP contribution in [0.25, 0.3) is 0 Å². The monoisotopic (exact) mass is 306 g/mol. The molecule has 0 aliphatic carbocycles. The Morgan fingerprint density at radius 2 is 1.77 bits per heavy atom. The van der Waals surface area contributed by atoms with Crippen LogP contribution in [0.15, 0.2) is 24.3 Å². The van der Waals surface area contributed by atoms with Crippen molar-refractivity contribution >= 4 is 6.03 Å². The van der Waals surface area contributed by atoms with E-state index >= 15 is 0 Å². The van der Waals surface area contributed by atoms with E-state index in [0.29, 0.717) is 32.2 Å². The van der Waals surface area contributed by atoms with Crippen molar-refractivity contribution in [2.24, 2.45) is 0 Å². The molecule has 2 amide bonds. The molecule has 2 heterocycles. The molecule has 2 fully saturated rings. The van der Waals surface area contributed by atoms with Crippen molar-refractivity contribution in [3.63, 3.8) is 0 Å². The fraction of sp³-hybridized carbons (Fsp3) is 0.588. The number of halogens is 1. The number of rotatable bonds is 1. The number of carbonyl (C=O) groups excluding carboxylic acids is 1. The van der Waals surface area contributed by atoms with Crippen LogP contribution in [0.3, 0.4) is 0 Å². The number of nitrogens with zero attached hydrogens (tertiary/aromatic N) is 2. The summed E-state index contributed by atoms with van der Waals surface area (Å²) < 4.78 is 18.4. The molecular formula is C17H23FN2O2. The van der Waals surface area contributed by atoms with E-state index in [9.17, 15) is 9.18 Å². The lowest BCUT2D eigenvalue weighted by atomic mass is 9.94. The molecule has 0 radical (unpaired) electrons. The van der Waals surface area contributed by atoms with Crippen molar-refractivity contribution in [1.82, 2.24) is 9.80 Å². The zero-order valence-electron chi connectivity index (χ0n) is 12.8. The molecule has 0 spiro atoms. The first kappa shape index (κ1) is 15.3. The Labute approximate surface area is 130 Å². The van der Waals surface area contributed by atoms with E-state index in [1.807, 2.05) is 21.9 Å². The number of morpholine rings is 1. The molecule has 1 unspecified atom stereocenters. The summed E-state index contributed by atoms with van der Waals surface area (Å²) in [4.78, 5) is 16.5. The average molecular weight is 306 g/mol. The highest BCUT2D eigenvalue weighted by molar-refractivity contribution is 5.74. The van der Waals surface area contributed by atoms with Gasteiger partial charge in [-0.25, -0.2) is 9.18 Å². The van der Waals surface area contributed by atoms with Crippen molar-refractivity contribution < 1.29 is 13.9 Å². The molecule has 22 heavy (non-hydrogen) atoms. The molecule has 2 aliphatic heterocycles. The van der Waals surface area contributed by atoms with Gasteiger partial charge in [0.05, 0.1) is 13.2 Å². The van der Waals surface area contributed by atoms with Crippen LogP contribution >= 0.6 is 0 Å². The zero-order chi connectivity index (χ0) is 15.4. The minimum absolute atomic E-state index is 0.123. The second kappa shape index (κ2) is 7.09. The SMILES string of the molecule is O=C(N1CCOCC1)N1CCCCC(c2ccc(F)cc2)C1. The predicted octanol–water partition coefficient (Wildman–Crippen LogP) is 2.85. The number of benzene rings is 1. The third-order valence-corrected chi connectivity index (χ3v) is 4.56. The molecule has 0 aromatic heterocycles. The maximum atomic E-state index is 13.1. The number of carbonyl (C=O) groups is 1. The maximum absolute atomic E-state index is 13.1. The topological polar surface area (TPSA) is 32.8 Å². The van der Waals surface area contributed by atoms with Gasteiger partial charge in [-0.15, -0.1) is 0 Å². The van der Waals surface area contributed by atoms with Gasteiger partial charge >= 0.3 is 6.03 Å². The summed E-state index contributed by atoms with van der Waals surface area (Å²) in [7, 11) is 0. The molecule has 2 aliphatic rings. The number of hydrogen-bond acceptors (Lipinski definition) is 2. The predicted molar refractivity (Wildman–Crippen MR) is 82.4 cm³/mol. The van der Waals surface area contributed by atoms with Crippen LogP contribution in [-0.4, -0.2) is 55.2 Å². The Hall–Kier alpha value is -1.62. The molecule has 120 valence electrons. The van der Waals surface area contributed by atoms with E-state index in [1.165, 1.54) is 12.1 Å². The smallest absolute Gasteiger partial charge is 0.320 e. The van der Waals surface area contributed by atoms with Crippen molar-refractivity contribution in [1.29, 1.82) is 0 Å². The molecule has 0 bridgehead atoms. The quantitative estimate of drug-likeness (QED) is 0.799. The van der Waals surface area contributed by atoms with Crippen LogP contribution in [0.2, 0.25) is 0 Å². The second-order valence-electron chi connectivity index (χ2n) is 6.07. The van der Waals surface area contributed by atoms with Gasteiger partial charge in [-0.1, -0.05) is 18.6 Å². The van der Waals surface area contributed by atoms with Crippen LogP contribution in [0.5, 0.6) is 0 Å². The minimum Gasteiger partial charge on any atom is -0.378 e. The Morgan fingerprint density at radius 1 is 1.05 bits per heavy atom. The van der Waals surface area contributed by atoms with Gasteiger partial charge in [0, 0.05) is 32.1 Å². The van der Waals surface area contributed by atoms with Crippen LogP contribution in [0.4, 0.5) is 9.18 Å². The van der Waals surface area contributed by atoms with E-state index in [0.717, 1.165) is 37.9 Å². The second-order valence-corrected chi connectivity index (χ2v) is 6.07. The summed E-state index contributed by atoms with van der Waals surface area (Å²) in [5.41, 5.74) is 1.13. The van der Waals surface area contributed by atoms with E-state index in [-0.39, 0.29) is 11.8 Å². The molecular weight excluding hydrogens is 283 g/mol. The van der Waals surface area contributed by atoms with E-state index in [2.05, 4.69) is 0 Å². The zero-order valence-corrected chi connectivity index (χ0v) is 12.8. The lowest BCUT2D eigenvalue weighted by molar-refractivity contribution is 0.0432. The van der Waals surface area contributed by atoms with Gasteiger partial charge in [-0.2, -0.15) is 0 Å². The number of likely N-dealkylation sites (tertiary alicyclic amines) is 1. The number of amides is 2. The molecule has 0 saturated carbocycles. The molecule has 4 nitrogen and oxygen atoms in total. The normalized spacial score (nSPS) is 23.2. The summed E-state index contributed by atoms with van der Waals surface area (Å²) >= 11 is 0. The Bertz CT molecular complexity index is 500. The van der Waals surface area contributed by atoms with E-state index in [1.54, 1.807) is 0 Å². The molecule has 0 N–H and O–H groups in total. The fourth-order valence-corrected chi connectivity index (χ4v) is 3.28. The van der Waals surface area contributed by atoms with Crippen LogP contribution < -0.4 is 0 Å². The average Bonchev–Trinajstić information content (AvgIpc) is 2.82. The maximum Gasteiger partial charge on any atom is 0.320 e. The highest BCUT2D eigenvalue weighted by atomic mass is 19.1. The number of hydrogen-bond donors (Lipinski definition) is 0. The summed E-state index contributed by atoms with van der Waals surface area (Å²) in [5, 5.41) is 0. The number of ether oxygens (including phenoxy) is 1. The Balaban J connectivity index is 1.69. The fourth-order valence-electron chi connectivity index (χ4n) is 3.28. The third kappa shape index (κ3) is 3.58. The molecule has 2 saturated heterocycles. The van der Waals surface area contributed by atoms with E-state index in [4.69, 9.17) is 4.74 Å². The molecule has 5 heteroatoms. The molecule has 1 aromatic carbocycles. The van der Waals surface area contributed by atoms with Crippen molar-refractivity contribution in [3.05, 3.63) is 35.6 Å². The van der Waals surface area contributed by atoms with Gasteiger partial charge < -0.3 is 14.5 Å². The Kier molecular flexibility index (Phi) is 4.93. The lowest BCUT2D eigenvalue weighted by Gasteiger charge is -2.33. The first-order valence-corrected chi connectivity index (χ1v) is 8.11. The first-order valence-electron chi connectivity index (χ1n) is 8.11. The number of urea groups is 1.